The normalized spacial score (nSPS) is 9.33. The second-order valence-electron chi connectivity index (χ2n) is 2.15. The molecule has 0 aliphatic carbocycles. The summed E-state index contributed by atoms with van der Waals surface area (Å²) in [6.45, 7) is 0. The van der Waals surface area contributed by atoms with E-state index in [1.807, 2.05) is 6.07 Å². The molecule has 0 spiro atoms. The predicted octanol–water partition coefficient (Wildman–Crippen LogP) is 1.61. The van der Waals surface area contributed by atoms with Gasteiger partial charge in [-0.3, -0.25) is 0 Å². The standard InChI is InChI=1S/C8H5NO2.ClH/c10-8-5-9-6-3-1-2-4-7(6)11-8;/h1-5H;1H. The number of rotatable bonds is 0. The minimum absolute atomic E-state index is 0. The Morgan fingerprint density at radius 2 is 2.00 bits per heavy atom. The number of para-hydroxylation sites is 2. The zero-order valence-electron chi connectivity index (χ0n) is 6.06. The van der Waals surface area contributed by atoms with Crippen LogP contribution in [0.1, 0.15) is 0 Å². The molecule has 0 fully saturated rings. The van der Waals surface area contributed by atoms with E-state index in [1.165, 1.54) is 6.20 Å². The van der Waals surface area contributed by atoms with E-state index in [0.29, 0.717) is 11.1 Å². The molecule has 3 nitrogen and oxygen atoms in total. The van der Waals surface area contributed by atoms with Gasteiger partial charge < -0.3 is 4.42 Å². The SMILES string of the molecule is Cl.O=c1cnc2ccccc2o1. The van der Waals surface area contributed by atoms with Crippen LogP contribution < -0.4 is 5.63 Å². The molecule has 0 atom stereocenters. The van der Waals surface area contributed by atoms with Gasteiger partial charge in [0.1, 0.15) is 11.7 Å². The van der Waals surface area contributed by atoms with E-state index in [4.69, 9.17) is 4.42 Å². The molecule has 4 heteroatoms. The van der Waals surface area contributed by atoms with Crippen molar-refractivity contribution in [3.8, 4) is 0 Å². The fourth-order valence-corrected chi connectivity index (χ4v) is 0.907. The number of nitrogens with zero attached hydrogens (tertiary/aromatic N) is 1. The zero-order valence-corrected chi connectivity index (χ0v) is 6.88. The van der Waals surface area contributed by atoms with Gasteiger partial charge in [-0.05, 0) is 12.1 Å². The minimum Gasteiger partial charge on any atom is -0.420 e. The summed E-state index contributed by atoms with van der Waals surface area (Å²) in [6, 6.07) is 7.14. The summed E-state index contributed by atoms with van der Waals surface area (Å²) in [5.41, 5.74) is 0.816. The van der Waals surface area contributed by atoms with Gasteiger partial charge in [0.25, 0.3) is 0 Å². The summed E-state index contributed by atoms with van der Waals surface area (Å²) in [6.07, 6.45) is 1.17. The molecule has 0 saturated carbocycles. The topological polar surface area (TPSA) is 43.1 Å². The van der Waals surface area contributed by atoms with Crippen LogP contribution in [0.4, 0.5) is 0 Å². The number of aromatic nitrogens is 1. The summed E-state index contributed by atoms with van der Waals surface area (Å²) >= 11 is 0. The molecule has 0 aliphatic heterocycles. The van der Waals surface area contributed by atoms with Crippen molar-refractivity contribution in [3.05, 3.63) is 40.9 Å². The molecule has 0 aliphatic rings. The highest BCUT2D eigenvalue weighted by Gasteiger charge is 1.93. The van der Waals surface area contributed by atoms with Gasteiger partial charge in [-0.2, -0.15) is 0 Å². The molecule has 2 rings (SSSR count). The number of hydrogen-bond donors (Lipinski definition) is 0. The maximum atomic E-state index is 10.7. The maximum Gasteiger partial charge on any atom is 0.354 e. The Morgan fingerprint density at radius 1 is 1.25 bits per heavy atom. The zero-order chi connectivity index (χ0) is 7.68. The van der Waals surface area contributed by atoms with E-state index in [2.05, 4.69) is 4.98 Å². The summed E-state index contributed by atoms with van der Waals surface area (Å²) in [7, 11) is 0. The minimum atomic E-state index is -0.413. The van der Waals surface area contributed by atoms with Gasteiger partial charge in [-0.15, -0.1) is 12.4 Å². The van der Waals surface area contributed by atoms with Crippen molar-refractivity contribution in [3.63, 3.8) is 0 Å². The van der Waals surface area contributed by atoms with Crippen molar-refractivity contribution < 1.29 is 4.42 Å². The first kappa shape index (κ1) is 8.74. The number of hydrogen-bond acceptors (Lipinski definition) is 3. The van der Waals surface area contributed by atoms with Crippen molar-refractivity contribution in [1.29, 1.82) is 0 Å². The molecule has 0 amide bonds. The van der Waals surface area contributed by atoms with E-state index in [0.717, 1.165) is 0 Å². The third-order valence-electron chi connectivity index (χ3n) is 1.38. The van der Waals surface area contributed by atoms with E-state index >= 15 is 0 Å². The quantitative estimate of drug-likeness (QED) is 0.623. The van der Waals surface area contributed by atoms with Gasteiger partial charge >= 0.3 is 5.63 Å². The van der Waals surface area contributed by atoms with Crippen LogP contribution in [0.3, 0.4) is 0 Å². The van der Waals surface area contributed by atoms with Crippen LogP contribution in [0, 0.1) is 0 Å². The van der Waals surface area contributed by atoms with E-state index < -0.39 is 5.63 Å². The third-order valence-corrected chi connectivity index (χ3v) is 1.38. The molecule has 0 bridgehead atoms. The summed E-state index contributed by atoms with van der Waals surface area (Å²) in [5.74, 6) is 0. The van der Waals surface area contributed by atoms with Gasteiger partial charge in [0.15, 0.2) is 5.58 Å². The van der Waals surface area contributed by atoms with Crippen LogP contribution >= 0.6 is 12.4 Å². The first-order valence-corrected chi connectivity index (χ1v) is 3.21. The van der Waals surface area contributed by atoms with E-state index in [9.17, 15) is 4.79 Å². The number of halogens is 1. The first-order valence-electron chi connectivity index (χ1n) is 3.21. The molecule has 0 radical (unpaired) electrons. The van der Waals surface area contributed by atoms with Crippen LogP contribution in [-0.2, 0) is 0 Å². The molecule has 2 aromatic rings. The molecule has 12 heavy (non-hydrogen) atoms. The van der Waals surface area contributed by atoms with Crippen molar-refractivity contribution in [2.24, 2.45) is 0 Å². The van der Waals surface area contributed by atoms with Gasteiger partial charge in [-0.1, -0.05) is 12.1 Å². The molecule has 1 aromatic heterocycles. The predicted molar refractivity (Wildman–Crippen MR) is 47.5 cm³/mol. The molecule has 0 N–H and O–H groups in total. The van der Waals surface area contributed by atoms with Crippen LogP contribution in [0.25, 0.3) is 11.1 Å². The lowest BCUT2D eigenvalue weighted by molar-refractivity contribution is 0.555. The fraction of sp³-hybridized carbons (Fsp3) is 0. The summed E-state index contributed by atoms with van der Waals surface area (Å²) in [5, 5.41) is 0. The van der Waals surface area contributed by atoms with Crippen LogP contribution in [0.15, 0.2) is 39.7 Å². The molecule has 1 heterocycles. The molecular formula is C8H6ClNO2. The molecule has 62 valence electrons. The van der Waals surface area contributed by atoms with E-state index in [1.54, 1.807) is 18.2 Å². The van der Waals surface area contributed by atoms with Crippen molar-refractivity contribution >= 4 is 23.5 Å². The van der Waals surface area contributed by atoms with E-state index in [-0.39, 0.29) is 12.4 Å². The summed E-state index contributed by atoms with van der Waals surface area (Å²) < 4.78 is 4.84. The lowest BCUT2D eigenvalue weighted by atomic mass is 10.3. The molecular weight excluding hydrogens is 178 g/mol. The Balaban J connectivity index is 0.000000720. The van der Waals surface area contributed by atoms with Crippen LogP contribution in [0.2, 0.25) is 0 Å². The Labute approximate surface area is 74.5 Å². The average Bonchev–Trinajstić information content (AvgIpc) is 2.04. The monoisotopic (exact) mass is 183 g/mol. The second kappa shape index (κ2) is 3.36. The average molecular weight is 184 g/mol. The first-order chi connectivity index (χ1) is 5.36. The van der Waals surface area contributed by atoms with Crippen molar-refractivity contribution in [2.75, 3.05) is 0 Å². The highest BCUT2D eigenvalue weighted by atomic mass is 35.5. The summed E-state index contributed by atoms with van der Waals surface area (Å²) in [4.78, 5) is 14.5. The maximum absolute atomic E-state index is 10.7. The van der Waals surface area contributed by atoms with Gasteiger partial charge in [0, 0.05) is 0 Å². The Kier molecular flexibility index (Phi) is 2.45. The Morgan fingerprint density at radius 3 is 2.83 bits per heavy atom. The number of benzene rings is 1. The van der Waals surface area contributed by atoms with Gasteiger partial charge in [-0.25, -0.2) is 9.78 Å². The Hall–Kier alpha value is -1.35. The molecule has 0 unspecified atom stereocenters. The lowest BCUT2D eigenvalue weighted by Gasteiger charge is -1.90. The highest BCUT2D eigenvalue weighted by molar-refractivity contribution is 5.85. The van der Waals surface area contributed by atoms with Crippen LogP contribution in [0.5, 0.6) is 0 Å². The Bertz CT molecular complexity index is 438. The molecule has 0 saturated heterocycles. The largest absolute Gasteiger partial charge is 0.420 e. The smallest absolute Gasteiger partial charge is 0.354 e. The molecule has 1 aromatic carbocycles. The van der Waals surface area contributed by atoms with Crippen molar-refractivity contribution in [1.82, 2.24) is 4.98 Å². The van der Waals surface area contributed by atoms with Gasteiger partial charge in [0.05, 0.1) is 0 Å². The second-order valence-corrected chi connectivity index (χ2v) is 2.15. The fourth-order valence-electron chi connectivity index (χ4n) is 0.907. The highest BCUT2D eigenvalue weighted by Crippen LogP contribution is 2.05. The van der Waals surface area contributed by atoms with Crippen molar-refractivity contribution in [2.45, 2.75) is 0 Å². The van der Waals surface area contributed by atoms with Crippen LogP contribution in [-0.4, -0.2) is 4.98 Å². The number of fused-ring (bicyclic) bond motifs is 1. The third kappa shape index (κ3) is 1.46. The van der Waals surface area contributed by atoms with Gasteiger partial charge in [0.2, 0.25) is 0 Å². The lowest BCUT2D eigenvalue weighted by Crippen LogP contribution is -1.96.